The van der Waals surface area contributed by atoms with Crippen LogP contribution in [0.2, 0.25) is 0 Å². The van der Waals surface area contributed by atoms with Crippen LogP contribution in [-0.2, 0) is 13.1 Å². The average Bonchev–Trinajstić information content (AvgIpc) is 3.12. The van der Waals surface area contributed by atoms with Gasteiger partial charge in [-0.05, 0) is 42.5 Å². The smallest absolute Gasteiger partial charge is 0.120 e. The van der Waals surface area contributed by atoms with Crippen molar-refractivity contribution in [2.75, 3.05) is 5.73 Å². The van der Waals surface area contributed by atoms with Gasteiger partial charge in [0, 0.05) is 35.3 Å². The summed E-state index contributed by atoms with van der Waals surface area (Å²) in [5.41, 5.74) is 7.43. The van der Waals surface area contributed by atoms with Gasteiger partial charge in [-0.1, -0.05) is 6.07 Å². The van der Waals surface area contributed by atoms with Gasteiger partial charge in [-0.2, -0.15) is 0 Å². The Balaban J connectivity index is 1.76. The van der Waals surface area contributed by atoms with Crippen LogP contribution in [0, 0.1) is 0 Å². The highest BCUT2D eigenvalue weighted by Crippen LogP contribution is 2.32. The van der Waals surface area contributed by atoms with Gasteiger partial charge in [-0.15, -0.1) is 11.3 Å². The molecule has 1 fully saturated rings. The van der Waals surface area contributed by atoms with Gasteiger partial charge >= 0.3 is 0 Å². The van der Waals surface area contributed by atoms with Crippen LogP contribution in [0.25, 0.3) is 0 Å². The molecule has 0 atom stereocenters. The number of rotatable bonds is 5. The molecule has 0 amide bonds. The Hall–Kier alpha value is -1.52. The van der Waals surface area contributed by atoms with E-state index in [1.165, 1.54) is 17.7 Å². The first-order valence-corrected chi connectivity index (χ1v) is 7.44. The van der Waals surface area contributed by atoms with Crippen molar-refractivity contribution in [3.8, 4) is 5.75 Å². The minimum absolute atomic E-state index is 0.339. The Labute approximate surface area is 117 Å². The van der Waals surface area contributed by atoms with Crippen molar-refractivity contribution in [3.05, 3.63) is 46.2 Å². The number of phenols is 1. The Morgan fingerprint density at radius 2 is 2.11 bits per heavy atom. The molecule has 1 aliphatic carbocycles. The van der Waals surface area contributed by atoms with Crippen molar-refractivity contribution < 1.29 is 5.11 Å². The number of nitrogen functional groups attached to an aromatic ring is 1. The standard InChI is InChI=1S/C15H18N2OS/c16-12-3-6-15(18)11(8-12)9-17(13-4-5-13)10-14-2-1-7-19-14/h1-3,6-8,13,18H,4-5,9-10,16H2. The fourth-order valence-corrected chi connectivity index (χ4v) is 3.04. The van der Waals surface area contributed by atoms with Crippen LogP contribution in [0.5, 0.6) is 5.75 Å². The van der Waals surface area contributed by atoms with E-state index < -0.39 is 0 Å². The maximum Gasteiger partial charge on any atom is 0.120 e. The second kappa shape index (κ2) is 5.23. The van der Waals surface area contributed by atoms with Gasteiger partial charge in [-0.25, -0.2) is 0 Å². The minimum Gasteiger partial charge on any atom is -0.508 e. The van der Waals surface area contributed by atoms with Crippen LogP contribution in [0.1, 0.15) is 23.3 Å². The van der Waals surface area contributed by atoms with E-state index >= 15 is 0 Å². The molecule has 19 heavy (non-hydrogen) atoms. The Morgan fingerprint density at radius 1 is 1.26 bits per heavy atom. The largest absolute Gasteiger partial charge is 0.508 e. The first-order chi connectivity index (χ1) is 9.22. The van der Waals surface area contributed by atoms with Gasteiger partial charge in [-0.3, -0.25) is 4.90 Å². The van der Waals surface area contributed by atoms with E-state index in [4.69, 9.17) is 5.73 Å². The third-order valence-corrected chi connectivity index (χ3v) is 4.34. The Bertz CT molecular complexity index is 549. The summed E-state index contributed by atoms with van der Waals surface area (Å²) < 4.78 is 0. The van der Waals surface area contributed by atoms with Crippen LogP contribution in [0.4, 0.5) is 5.69 Å². The van der Waals surface area contributed by atoms with Crippen LogP contribution < -0.4 is 5.73 Å². The molecule has 3 rings (SSSR count). The minimum atomic E-state index is 0.339. The molecule has 0 spiro atoms. The average molecular weight is 274 g/mol. The first-order valence-electron chi connectivity index (χ1n) is 6.56. The molecule has 100 valence electrons. The zero-order chi connectivity index (χ0) is 13.2. The third-order valence-electron chi connectivity index (χ3n) is 3.48. The van der Waals surface area contributed by atoms with Crippen molar-refractivity contribution in [3.63, 3.8) is 0 Å². The number of benzene rings is 1. The topological polar surface area (TPSA) is 49.5 Å². The number of aromatic hydroxyl groups is 1. The predicted molar refractivity (Wildman–Crippen MR) is 79.1 cm³/mol. The summed E-state index contributed by atoms with van der Waals surface area (Å²) in [5, 5.41) is 12.0. The molecule has 3 nitrogen and oxygen atoms in total. The molecule has 0 radical (unpaired) electrons. The van der Waals surface area contributed by atoms with Crippen molar-refractivity contribution >= 4 is 17.0 Å². The molecule has 0 saturated heterocycles. The highest BCUT2D eigenvalue weighted by atomic mass is 32.1. The second-order valence-corrected chi connectivity index (χ2v) is 6.14. The van der Waals surface area contributed by atoms with E-state index in [0.29, 0.717) is 17.5 Å². The van der Waals surface area contributed by atoms with Gasteiger partial charge in [0.05, 0.1) is 0 Å². The number of nitrogens with zero attached hydrogens (tertiary/aromatic N) is 1. The molecule has 1 aromatic heterocycles. The van der Waals surface area contributed by atoms with E-state index in [1.54, 1.807) is 23.5 Å². The number of nitrogens with two attached hydrogens (primary N) is 1. The quantitative estimate of drug-likeness (QED) is 0.650. The van der Waals surface area contributed by atoms with Gasteiger partial charge in [0.25, 0.3) is 0 Å². The monoisotopic (exact) mass is 274 g/mol. The molecular weight excluding hydrogens is 256 g/mol. The molecule has 0 aliphatic heterocycles. The fraction of sp³-hybridized carbons (Fsp3) is 0.333. The van der Waals surface area contributed by atoms with Crippen LogP contribution >= 0.6 is 11.3 Å². The number of anilines is 1. The Morgan fingerprint density at radius 3 is 2.79 bits per heavy atom. The summed E-state index contributed by atoms with van der Waals surface area (Å²) in [7, 11) is 0. The van der Waals surface area contributed by atoms with Gasteiger partial charge in [0.2, 0.25) is 0 Å². The van der Waals surface area contributed by atoms with E-state index in [2.05, 4.69) is 22.4 Å². The number of hydrogen-bond donors (Lipinski definition) is 2. The lowest BCUT2D eigenvalue weighted by Gasteiger charge is -2.22. The summed E-state index contributed by atoms with van der Waals surface area (Å²) in [6.45, 7) is 1.72. The normalized spacial score (nSPS) is 15.0. The lowest BCUT2D eigenvalue weighted by atomic mass is 10.1. The van der Waals surface area contributed by atoms with Crippen molar-refractivity contribution in [1.29, 1.82) is 0 Å². The number of phenolic OH excluding ortho intramolecular Hbond substituents is 1. The fourth-order valence-electron chi connectivity index (χ4n) is 2.31. The van der Waals surface area contributed by atoms with Crippen molar-refractivity contribution in [2.24, 2.45) is 0 Å². The van der Waals surface area contributed by atoms with E-state index in [9.17, 15) is 5.11 Å². The summed E-state index contributed by atoms with van der Waals surface area (Å²) >= 11 is 1.79. The van der Waals surface area contributed by atoms with Crippen molar-refractivity contribution in [2.45, 2.75) is 32.0 Å². The lowest BCUT2D eigenvalue weighted by Crippen LogP contribution is -2.24. The van der Waals surface area contributed by atoms with Gasteiger partial charge in [0.1, 0.15) is 5.75 Å². The molecule has 2 aromatic rings. The maximum absolute atomic E-state index is 9.93. The maximum atomic E-state index is 9.93. The SMILES string of the molecule is Nc1ccc(O)c(CN(Cc2cccs2)C2CC2)c1. The summed E-state index contributed by atoms with van der Waals surface area (Å²) in [6.07, 6.45) is 2.52. The molecule has 1 saturated carbocycles. The highest BCUT2D eigenvalue weighted by molar-refractivity contribution is 7.09. The summed E-state index contributed by atoms with van der Waals surface area (Å²) in [5.74, 6) is 0.339. The zero-order valence-electron chi connectivity index (χ0n) is 10.7. The second-order valence-electron chi connectivity index (χ2n) is 5.10. The molecule has 4 heteroatoms. The van der Waals surface area contributed by atoms with E-state index in [0.717, 1.165) is 18.7 Å². The summed E-state index contributed by atoms with van der Waals surface area (Å²) in [4.78, 5) is 3.80. The lowest BCUT2D eigenvalue weighted by molar-refractivity contribution is 0.244. The molecule has 0 unspecified atom stereocenters. The number of thiophene rings is 1. The Kier molecular flexibility index (Phi) is 3.44. The molecule has 1 heterocycles. The molecule has 1 aliphatic rings. The van der Waals surface area contributed by atoms with Gasteiger partial charge < -0.3 is 10.8 Å². The van der Waals surface area contributed by atoms with Crippen LogP contribution in [-0.4, -0.2) is 16.0 Å². The van der Waals surface area contributed by atoms with E-state index in [1.807, 2.05) is 6.07 Å². The number of hydrogen-bond acceptors (Lipinski definition) is 4. The molecular formula is C15H18N2OS. The van der Waals surface area contributed by atoms with E-state index in [-0.39, 0.29) is 0 Å². The molecule has 1 aromatic carbocycles. The predicted octanol–water partition coefficient (Wildman–Crippen LogP) is 3.20. The summed E-state index contributed by atoms with van der Waals surface area (Å²) in [6, 6.07) is 10.2. The third kappa shape index (κ3) is 3.08. The highest BCUT2D eigenvalue weighted by Gasteiger charge is 2.29. The van der Waals surface area contributed by atoms with Crippen molar-refractivity contribution in [1.82, 2.24) is 4.90 Å². The van der Waals surface area contributed by atoms with Crippen LogP contribution in [0.3, 0.4) is 0 Å². The zero-order valence-corrected chi connectivity index (χ0v) is 11.6. The first kappa shape index (κ1) is 12.5. The van der Waals surface area contributed by atoms with Gasteiger partial charge in [0.15, 0.2) is 0 Å². The van der Waals surface area contributed by atoms with Crippen LogP contribution in [0.15, 0.2) is 35.7 Å². The molecule has 3 N–H and O–H groups in total. The molecule has 0 bridgehead atoms.